The van der Waals surface area contributed by atoms with Crippen molar-refractivity contribution in [3.8, 4) is 0 Å². The summed E-state index contributed by atoms with van der Waals surface area (Å²) in [6.07, 6.45) is 11.6. The Bertz CT molecular complexity index is 3780. The van der Waals surface area contributed by atoms with E-state index in [0.717, 1.165) is 74.4 Å². The van der Waals surface area contributed by atoms with E-state index < -0.39 is 36.2 Å². The SMILES string of the molecule is CCc1nc2ncc(Cl)cn2c1C(=O)CCc1ccc(N2CC3(CC(c4ccc(S(F)(F)(F)(F)F)cc4)C3)C2)cc1.CCc1nc2ncc(Cl)cn2c1C(=O)O.NCc1ccc(N2CC3(CC(c4ccc(S(F)(F)(F)(F)F)cc4)C3)C2)cc1. The molecule has 2 saturated heterocycles. The first-order valence-corrected chi connectivity index (χ1v) is 31.2. The van der Waals surface area contributed by atoms with Gasteiger partial charge in [0.2, 0.25) is 11.6 Å². The summed E-state index contributed by atoms with van der Waals surface area (Å²) in [5, 5.41) is 9.85. The third-order valence-electron chi connectivity index (χ3n) is 16.1. The first-order valence-electron chi connectivity index (χ1n) is 26.5. The van der Waals surface area contributed by atoms with Crippen LogP contribution in [0, 0.1) is 10.8 Å². The van der Waals surface area contributed by atoms with Gasteiger partial charge >= 0.3 is 26.4 Å². The van der Waals surface area contributed by atoms with Crippen LogP contribution in [0.4, 0.5) is 50.2 Å². The third-order valence-corrected chi connectivity index (χ3v) is 18.8. The van der Waals surface area contributed by atoms with Crippen molar-refractivity contribution in [3.63, 3.8) is 0 Å². The van der Waals surface area contributed by atoms with Gasteiger partial charge in [-0.15, -0.1) is 0 Å². The van der Waals surface area contributed by atoms with Crippen LogP contribution >= 0.6 is 43.6 Å². The number of Topliss-reactive ketones (excluding diaryl/α,β-unsaturated/α-hetero) is 1. The van der Waals surface area contributed by atoms with Crippen LogP contribution in [-0.4, -0.2) is 71.8 Å². The van der Waals surface area contributed by atoms with E-state index in [1.54, 1.807) is 10.6 Å². The first-order chi connectivity index (χ1) is 38.6. The number of aromatic nitrogens is 6. The number of aryl methyl sites for hydroxylation is 3. The molecule has 0 radical (unpaired) electrons. The molecule has 0 unspecified atom stereocenters. The molecule has 4 aliphatic rings. The van der Waals surface area contributed by atoms with Crippen LogP contribution in [0.5, 0.6) is 0 Å². The van der Waals surface area contributed by atoms with Crippen LogP contribution < -0.4 is 15.5 Å². The first kappa shape index (κ1) is 59.6. The molecule has 444 valence electrons. The van der Waals surface area contributed by atoms with Crippen LogP contribution in [0.2, 0.25) is 10.0 Å². The van der Waals surface area contributed by atoms with E-state index in [9.17, 15) is 48.4 Å². The van der Waals surface area contributed by atoms with Crippen molar-refractivity contribution in [2.45, 2.75) is 93.4 Å². The highest BCUT2D eigenvalue weighted by Gasteiger charge is 2.66. The minimum absolute atomic E-state index is 0.0186. The fourth-order valence-electron chi connectivity index (χ4n) is 11.9. The number of anilines is 2. The predicted octanol–water partition coefficient (Wildman–Crippen LogP) is 16.6. The fraction of sp³-hybridized carbons (Fsp3) is 0.333. The number of aromatic carboxylic acids is 1. The number of carboxylic acids is 1. The van der Waals surface area contributed by atoms with Gasteiger partial charge in [-0.25, -0.2) is 24.7 Å². The van der Waals surface area contributed by atoms with Gasteiger partial charge in [-0.1, -0.05) is 124 Å². The molecule has 2 aliphatic carbocycles. The molecule has 8 aromatic rings. The van der Waals surface area contributed by atoms with E-state index in [4.69, 9.17) is 34.0 Å². The number of hydrogen-bond donors (Lipinski definition) is 2. The number of carbonyl (C=O) groups is 2. The summed E-state index contributed by atoms with van der Waals surface area (Å²) in [7, 11) is -19.2. The molecule has 12 rings (SSSR count). The molecular weight excluding hydrogens is 1180 g/mol. The monoisotopic (exact) mass is 1240 g/mol. The lowest BCUT2D eigenvalue weighted by Crippen LogP contribution is -2.61. The van der Waals surface area contributed by atoms with Gasteiger partial charge in [-0.05, 0) is 128 Å². The average Bonchev–Trinajstić information content (AvgIpc) is 2.49. The van der Waals surface area contributed by atoms with Gasteiger partial charge in [0, 0.05) is 73.7 Å². The maximum atomic E-state index is 13.1. The molecule has 83 heavy (non-hydrogen) atoms. The summed E-state index contributed by atoms with van der Waals surface area (Å²) in [5.41, 5.74) is 13.5. The Morgan fingerprint density at radius 3 is 1.31 bits per heavy atom. The molecule has 2 saturated carbocycles. The predicted molar refractivity (Wildman–Crippen MR) is 304 cm³/mol. The lowest BCUT2D eigenvalue weighted by atomic mass is 9.56. The Balaban J connectivity index is 0.000000156. The molecule has 4 aromatic carbocycles. The van der Waals surface area contributed by atoms with Gasteiger partial charge in [-0.3, -0.25) is 13.6 Å². The molecule has 0 bridgehead atoms. The Hall–Kier alpha value is -6.60. The van der Waals surface area contributed by atoms with Gasteiger partial charge < -0.3 is 20.6 Å². The number of nitrogens with zero attached hydrogens (tertiary/aromatic N) is 8. The second-order valence-electron chi connectivity index (χ2n) is 22.2. The maximum absolute atomic E-state index is 13.1. The number of carbonyl (C=O) groups excluding carboxylic acids is 1. The maximum Gasteiger partial charge on any atom is 0.354 e. The van der Waals surface area contributed by atoms with Gasteiger partial charge in [0.25, 0.3) is 0 Å². The van der Waals surface area contributed by atoms with Crippen molar-refractivity contribution in [2.24, 2.45) is 16.6 Å². The van der Waals surface area contributed by atoms with E-state index in [0.29, 0.717) is 106 Å². The smallest absolute Gasteiger partial charge is 0.354 e. The van der Waals surface area contributed by atoms with Crippen LogP contribution in [0.1, 0.15) is 112 Å². The number of hydrogen-bond acceptors (Lipinski definition) is 9. The van der Waals surface area contributed by atoms with Crippen LogP contribution in [0.15, 0.2) is 132 Å². The molecule has 4 fully saturated rings. The summed E-state index contributed by atoms with van der Waals surface area (Å²) < 4.78 is 132. The van der Waals surface area contributed by atoms with Gasteiger partial charge in [-0.2, -0.15) is 0 Å². The molecule has 3 N–H and O–H groups in total. The van der Waals surface area contributed by atoms with E-state index in [1.807, 2.05) is 62.4 Å². The van der Waals surface area contributed by atoms with E-state index >= 15 is 0 Å². The highest BCUT2D eigenvalue weighted by molar-refractivity contribution is 8.46. The Kier molecular flexibility index (Phi) is 14.4. The third kappa shape index (κ3) is 12.8. The molecule has 0 amide bonds. The van der Waals surface area contributed by atoms with E-state index in [2.05, 4.69) is 29.7 Å². The molecule has 2 spiro atoms. The van der Waals surface area contributed by atoms with Crippen molar-refractivity contribution < 1.29 is 53.6 Å². The zero-order valence-corrected chi connectivity index (χ0v) is 47.8. The van der Waals surface area contributed by atoms with Crippen molar-refractivity contribution in [3.05, 3.63) is 177 Å². The lowest BCUT2D eigenvalue weighted by molar-refractivity contribution is 0.0632. The number of ketones is 1. The summed E-state index contributed by atoms with van der Waals surface area (Å²) in [4.78, 5) is 41.7. The molecule has 0 atom stereocenters. The summed E-state index contributed by atoms with van der Waals surface area (Å²) in [5.74, 6) is -0.0157. The largest absolute Gasteiger partial charge is 0.477 e. The van der Waals surface area contributed by atoms with Crippen molar-refractivity contribution in [2.75, 3.05) is 36.0 Å². The van der Waals surface area contributed by atoms with Gasteiger partial charge in [0.05, 0.1) is 33.8 Å². The molecule has 4 aromatic heterocycles. The van der Waals surface area contributed by atoms with Crippen molar-refractivity contribution in [1.82, 2.24) is 28.7 Å². The summed E-state index contributed by atoms with van der Waals surface area (Å²) in [6, 6.07) is 23.1. The highest BCUT2D eigenvalue weighted by Crippen LogP contribution is 3.02. The Morgan fingerprint density at radius 2 is 0.952 bits per heavy atom. The highest BCUT2D eigenvalue weighted by atomic mass is 35.5. The second-order valence-corrected chi connectivity index (χ2v) is 27.9. The van der Waals surface area contributed by atoms with Crippen LogP contribution in [0.3, 0.4) is 0 Å². The quantitative estimate of drug-likeness (QED) is 0.0796. The molecule has 6 heterocycles. The molecule has 2 aliphatic heterocycles. The Labute approximate surface area is 481 Å². The molecule has 26 heteroatoms. The zero-order chi connectivity index (χ0) is 59.8. The minimum Gasteiger partial charge on any atom is -0.477 e. The number of fused-ring (bicyclic) bond motifs is 2. The van der Waals surface area contributed by atoms with Crippen molar-refractivity contribution in [1.29, 1.82) is 0 Å². The van der Waals surface area contributed by atoms with Gasteiger partial charge in [0.15, 0.2) is 11.5 Å². The summed E-state index contributed by atoms with van der Waals surface area (Å²) >= 11 is 11.8. The number of rotatable bonds is 14. The second kappa shape index (κ2) is 20.0. The number of halogens is 12. The number of nitrogens with two attached hydrogens (primary N) is 1. The standard InChI is InChI=1S/C29H28ClF5N4OS.C19H21F5N2S.C9H8ClN3O2/c1-2-25-27(39-16-22(30)15-36-28(39)37-25)26(40)12-5-19-3-8-23(9-4-19)38-17-29(18-38)13-21(14-29)20-6-10-24(11-7-20)41(31,32,33,34)35;20-27(21,22,23,24)18-7-3-15(4-8-18)16-9-19(10-16)12-26(13-19)17-5-1-14(11-25)2-6-17;1-2-6-7(8(14)15)13-4-5(10)3-11-9(13)12-6/h3-4,6-11,15-16,21H,2,5,12-14,17-18H2,1H3;1-8,16H,9-13,25H2;3-4H,2H2,1H3,(H,14,15). The number of benzene rings is 4. The average molecular weight is 1240 g/mol. The Morgan fingerprint density at radius 1 is 0.578 bits per heavy atom. The summed E-state index contributed by atoms with van der Waals surface area (Å²) in [6.45, 7) is 7.80. The number of carboxylic acid groups (broad SMARTS) is 1. The van der Waals surface area contributed by atoms with E-state index in [1.165, 1.54) is 47.3 Å². The van der Waals surface area contributed by atoms with Crippen LogP contribution in [0.25, 0.3) is 11.6 Å². The molecular formula is C57H57Cl2F10N9O3S2. The zero-order valence-electron chi connectivity index (χ0n) is 44.7. The normalized spacial score (nSPS) is 18.3. The molecule has 12 nitrogen and oxygen atoms in total. The van der Waals surface area contributed by atoms with Gasteiger partial charge in [0.1, 0.15) is 15.5 Å². The van der Waals surface area contributed by atoms with Crippen molar-refractivity contribution >= 4 is 78.3 Å². The minimum atomic E-state index is -9.64. The number of imidazole rings is 2. The fourth-order valence-corrected chi connectivity index (χ4v) is 13.5. The lowest BCUT2D eigenvalue weighted by Gasteiger charge is -2.60. The van der Waals surface area contributed by atoms with E-state index in [-0.39, 0.29) is 34.1 Å². The topological polar surface area (TPSA) is 147 Å². The van der Waals surface area contributed by atoms with Crippen LogP contribution in [-0.2, 0) is 25.8 Å².